The van der Waals surface area contributed by atoms with Crippen LogP contribution in [0.15, 0.2) is 33.6 Å². The van der Waals surface area contributed by atoms with Gasteiger partial charge >= 0.3 is 0 Å². The van der Waals surface area contributed by atoms with Gasteiger partial charge in [0.1, 0.15) is 0 Å². The minimum Gasteiger partial charge on any atom is -0.210 e. The topological polar surface area (TPSA) is 63.6 Å². The second kappa shape index (κ2) is 4.37. The van der Waals surface area contributed by atoms with E-state index in [4.69, 9.17) is 11.6 Å². The number of carbonyl (C=O) groups excluding carboxylic acids is 1. The van der Waals surface area contributed by atoms with Gasteiger partial charge in [0.2, 0.25) is 0 Å². The molecular weight excluding hydrogens is 226 g/mol. The number of sulfonamides is 1. The van der Waals surface area contributed by atoms with E-state index < -0.39 is 10.0 Å². The maximum atomic E-state index is 11.3. The third kappa shape index (κ3) is 2.20. The van der Waals surface area contributed by atoms with Gasteiger partial charge in [-0.3, -0.25) is 0 Å². The van der Waals surface area contributed by atoms with Crippen molar-refractivity contribution in [2.75, 3.05) is 0 Å². The lowest BCUT2D eigenvalue weighted by Gasteiger charge is -2.01. The van der Waals surface area contributed by atoms with Crippen LogP contribution >= 0.6 is 11.6 Å². The molecule has 0 aliphatic rings. The number of isocyanates is 1. The van der Waals surface area contributed by atoms with Crippen LogP contribution in [0.25, 0.3) is 0 Å². The zero-order chi connectivity index (χ0) is 10.6. The van der Waals surface area contributed by atoms with Crippen molar-refractivity contribution < 1.29 is 13.2 Å². The standard InChI is InChI=1S/C8H6ClNO3S/c9-5-7-3-1-2-4-8(7)14(12,13)10-6-11/h1-4H,5H2. The van der Waals surface area contributed by atoms with Crippen molar-refractivity contribution in [2.45, 2.75) is 10.8 Å². The Labute approximate surface area is 86.3 Å². The molecule has 0 aliphatic heterocycles. The average molecular weight is 232 g/mol. The summed E-state index contributed by atoms with van der Waals surface area (Å²) in [5, 5.41) is 0. The number of nitrogens with zero attached hydrogens (tertiary/aromatic N) is 1. The molecule has 74 valence electrons. The van der Waals surface area contributed by atoms with Gasteiger partial charge in [-0.15, -0.1) is 11.6 Å². The summed E-state index contributed by atoms with van der Waals surface area (Å²) in [6.07, 6.45) is 1.00. The summed E-state index contributed by atoms with van der Waals surface area (Å²) in [6, 6.07) is 6.08. The minimum absolute atomic E-state index is 0.0454. The highest BCUT2D eigenvalue weighted by Crippen LogP contribution is 2.18. The first kappa shape index (κ1) is 10.9. The molecule has 1 aromatic carbocycles. The van der Waals surface area contributed by atoms with Crippen molar-refractivity contribution in [1.82, 2.24) is 0 Å². The molecule has 0 heterocycles. The lowest BCUT2D eigenvalue weighted by Crippen LogP contribution is -2.00. The largest absolute Gasteiger partial charge is 0.292 e. The third-order valence-electron chi connectivity index (χ3n) is 1.55. The van der Waals surface area contributed by atoms with E-state index in [1.165, 1.54) is 12.1 Å². The molecule has 6 heteroatoms. The maximum Gasteiger partial charge on any atom is 0.292 e. The molecule has 0 amide bonds. The summed E-state index contributed by atoms with van der Waals surface area (Å²) in [5.74, 6) is 0.0454. The molecule has 0 saturated carbocycles. The number of alkyl halides is 1. The molecule has 1 aromatic rings. The van der Waals surface area contributed by atoms with Crippen molar-refractivity contribution >= 4 is 27.7 Å². The van der Waals surface area contributed by atoms with Gasteiger partial charge in [0.15, 0.2) is 0 Å². The van der Waals surface area contributed by atoms with Gasteiger partial charge in [-0.2, -0.15) is 8.42 Å². The number of hydrogen-bond acceptors (Lipinski definition) is 3. The predicted molar refractivity (Wildman–Crippen MR) is 51.3 cm³/mol. The Balaban J connectivity index is 3.39. The lowest BCUT2D eigenvalue weighted by atomic mass is 10.2. The van der Waals surface area contributed by atoms with E-state index >= 15 is 0 Å². The van der Waals surface area contributed by atoms with Crippen molar-refractivity contribution in [3.63, 3.8) is 0 Å². The van der Waals surface area contributed by atoms with Crippen LogP contribution in [-0.4, -0.2) is 14.5 Å². The molecule has 0 saturated heterocycles. The second-order valence-electron chi connectivity index (χ2n) is 2.40. The van der Waals surface area contributed by atoms with Crippen LogP contribution in [-0.2, 0) is 20.7 Å². The Kier molecular flexibility index (Phi) is 3.41. The Morgan fingerprint density at radius 1 is 1.36 bits per heavy atom. The lowest BCUT2D eigenvalue weighted by molar-refractivity contribution is 0.563. The van der Waals surface area contributed by atoms with Crippen LogP contribution in [0.1, 0.15) is 5.56 Å². The Morgan fingerprint density at radius 3 is 2.57 bits per heavy atom. The fourth-order valence-corrected chi connectivity index (χ4v) is 2.19. The number of halogens is 1. The normalized spacial score (nSPS) is 10.6. The van der Waals surface area contributed by atoms with Crippen LogP contribution in [0.3, 0.4) is 0 Å². The maximum absolute atomic E-state index is 11.3. The summed E-state index contributed by atoms with van der Waals surface area (Å²) in [6.45, 7) is 0. The summed E-state index contributed by atoms with van der Waals surface area (Å²) < 4.78 is 25.4. The monoisotopic (exact) mass is 231 g/mol. The highest BCUT2D eigenvalue weighted by atomic mass is 35.5. The van der Waals surface area contributed by atoms with E-state index in [-0.39, 0.29) is 10.8 Å². The third-order valence-corrected chi connectivity index (χ3v) is 3.11. The summed E-state index contributed by atoms with van der Waals surface area (Å²) >= 11 is 5.53. The molecule has 0 atom stereocenters. The van der Waals surface area contributed by atoms with Crippen LogP contribution in [0.4, 0.5) is 0 Å². The quantitative estimate of drug-likeness (QED) is 0.449. The van der Waals surface area contributed by atoms with Gasteiger partial charge in [-0.1, -0.05) is 22.6 Å². The molecular formula is C8H6ClNO3S. The molecule has 1 rings (SSSR count). The van der Waals surface area contributed by atoms with Crippen molar-refractivity contribution in [2.24, 2.45) is 4.40 Å². The van der Waals surface area contributed by atoms with Gasteiger partial charge in [0.25, 0.3) is 16.1 Å². The van der Waals surface area contributed by atoms with Crippen LogP contribution in [0.2, 0.25) is 0 Å². The first-order valence-corrected chi connectivity index (χ1v) is 5.57. The van der Waals surface area contributed by atoms with Gasteiger partial charge in [0, 0.05) is 5.88 Å². The molecule has 0 unspecified atom stereocenters. The van der Waals surface area contributed by atoms with Crippen molar-refractivity contribution in [3.05, 3.63) is 29.8 Å². The van der Waals surface area contributed by atoms with E-state index in [0.29, 0.717) is 5.56 Å². The van der Waals surface area contributed by atoms with Crippen LogP contribution in [0.5, 0.6) is 0 Å². The molecule has 0 spiro atoms. The van der Waals surface area contributed by atoms with Gasteiger partial charge in [-0.05, 0) is 11.6 Å². The summed E-state index contributed by atoms with van der Waals surface area (Å²) in [7, 11) is -3.94. The van der Waals surface area contributed by atoms with Gasteiger partial charge in [-0.25, -0.2) is 4.79 Å². The van der Waals surface area contributed by atoms with Crippen molar-refractivity contribution in [3.8, 4) is 0 Å². The van der Waals surface area contributed by atoms with Crippen LogP contribution < -0.4 is 0 Å². The number of hydrogen-bond donors (Lipinski definition) is 0. The molecule has 4 nitrogen and oxygen atoms in total. The fourth-order valence-electron chi connectivity index (χ4n) is 0.964. The summed E-state index contributed by atoms with van der Waals surface area (Å²) in [4.78, 5) is 9.83. The Morgan fingerprint density at radius 2 is 2.00 bits per heavy atom. The molecule has 0 aromatic heterocycles. The minimum atomic E-state index is -3.94. The van der Waals surface area contributed by atoms with E-state index in [2.05, 4.69) is 4.40 Å². The molecule has 0 fully saturated rings. The van der Waals surface area contributed by atoms with E-state index in [1.54, 1.807) is 12.1 Å². The van der Waals surface area contributed by atoms with E-state index in [1.807, 2.05) is 0 Å². The van der Waals surface area contributed by atoms with E-state index in [9.17, 15) is 13.2 Å². The first-order valence-electron chi connectivity index (χ1n) is 3.60. The first-order chi connectivity index (χ1) is 6.61. The molecule has 0 aliphatic carbocycles. The zero-order valence-corrected chi connectivity index (χ0v) is 8.55. The fraction of sp³-hybridized carbons (Fsp3) is 0.125. The Bertz CT molecular complexity index is 477. The highest BCUT2D eigenvalue weighted by Gasteiger charge is 2.15. The Hall–Kier alpha value is -1.16. The molecule has 0 N–H and O–H groups in total. The molecule has 0 bridgehead atoms. The zero-order valence-electron chi connectivity index (χ0n) is 6.97. The molecule has 0 radical (unpaired) electrons. The average Bonchev–Trinajstić information content (AvgIpc) is 2.18. The van der Waals surface area contributed by atoms with Gasteiger partial charge in [0.05, 0.1) is 4.90 Å². The number of rotatable bonds is 3. The predicted octanol–water partition coefficient (Wildman–Crippen LogP) is 1.45. The SMILES string of the molecule is O=C=NS(=O)(=O)c1ccccc1CCl. The second-order valence-corrected chi connectivity index (χ2v) is 4.24. The number of benzene rings is 1. The van der Waals surface area contributed by atoms with Gasteiger partial charge < -0.3 is 0 Å². The highest BCUT2D eigenvalue weighted by molar-refractivity contribution is 7.90. The smallest absolute Gasteiger partial charge is 0.210 e. The van der Waals surface area contributed by atoms with Crippen LogP contribution in [0, 0.1) is 0 Å². The summed E-state index contributed by atoms with van der Waals surface area (Å²) in [5.41, 5.74) is 0.410. The molecule has 14 heavy (non-hydrogen) atoms. The van der Waals surface area contributed by atoms with E-state index in [0.717, 1.165) is 6.08 Å². The van der Waals surface area contributed by atoms with Crippen molar-refractivity contribution in [1.29, 1.82) is 0 Å².